The molecule has 2 aromatic rings. The summed E-state index contributed by atoms with van der Waals surface area (Å²) in [4.78, 5) is 51.3. The van der Waals surface area contributed by atoms with Crippen LogP contribution in [0.2, 0.25) is 0 Å². The van der Waals surface area contributed by atoms with Crippen LogP contribution in [0.25, 0.3) is 0 Å². The van der Waals surface area contributed by atoms with E-state index >= 15 is 0 Å². The zero-order chi connectivity index (χ0) is 23.3. The lowest BCUT2D eigenvalue weighted by Crippen LogP contribution is -2.33. The summed E-state index contributed by atoms with van der Waals surface area (Å²) in [6.07, 6.45) is -0.581. The maximum absolute atomic E-state index is 11.6. The monoisotopic (exact) mass is 461 g/mol. The molecule has 5 N–H and O–H groups in total. The number of nitrogens with zero attached hydrogens (tertiary/aromatic N) is 2. The van der Waals surface area contributed by atoms with Crippen LogP contribution in [0.1, 0.15) is 18.2 Å². The van der Waals surface area contributed by atoms with Crippen LogP contribution < -0.4 is 15.8 Å². The van der Waals surface area contributed by atoms with Crippen molar-refractivity contribution >= 4 is 13.5 Å². The third kappa shape index (κ3) is 6.82. The summed E-state index contributed by atoms with van der Waals surface area (Å²) in [5, 5.41) is 28.7. The third-order valence-electron chi connectivity index (χ3n) is 4.11. The third-order valence-corrected chi connectivity index (χ3v) is 4.56. The second-order valence-corrected chi connectivity index (χ2v) is 7.59. The Balaban J connectivity index is 0.000000225. The van der Waals surface area contributed by atoms with Gasteiger partial charge in [0, 0.05) is 30.3 Å². The molecule has 1 saturated heterocycles. The molecule has 1 aliphatic heterocycles. The van der Waals surface area contributed by atoms with Crippen LogP contribution in [0.3, 0.4) is 0 Å². The van der Waals surface area contributed by atoms with E-state index in [2.05, 4.69) is 9.51 Å². The van der Waals surface area contributed by atoms with Gasteiger partial charge in [0.15, 0.2) is 0 Å². The average molecular weight is 461 g/mol. The van der Waals surface area contributed by atoms with E-state index in [1.165, 1.54) is 10.8 Å². The van der Waals surface area contributed by atoms with Crippen LogP contribution in [-0.2, 0) is 9.30 Å². The van der Waals surface area contributed by atoms with Gasteiger partial charge in [0.2, 0.25) is 0 Å². The van der Waals surface area contributed by atoms with Crippen molar-refractivity contribution in [1.82, 2.24) is 9.55 Å². The van der Waals surface area contributed by atoms with Crippen LogP contribution in [0, 0.1) is 17.0 Å². The molecule has 3 rings (SSSR count). The highest BCUT2D eigenvalue weighted by atomic mass is 31.2. The van der Waals surface area contributed by atoms with Gasteiger partial charge in [0.1, 0.15) is 18.1 Å². The molecule has 0 spiro atoms. The van der Waals surface area contributed by atoms with Gasteiger partial charge in [0.05, 0.1) is 17.6 Å². The van der Waals surface area contributed by atoms with Crippen molar-refractivity contribution in [1.29, 1.82) is 0 Å². The Kier molecular flexibility index (Phi) is 7.84. The zero-order valence-corrected chi connectivity index (χ0v) is 16.9. The zero-order valence-electron chi connectivity index (χ0n) is 16.0. The van der Waals surface area contributed by atoms with E-state index < -0.39 is 42.4 Å². The summed E-state index contributed by atoms with van der Waals surface area (Å²) < 4.78 is 21.1. The molecule has 15 heteroatoms. The lowest BCUT2D eigenvalue weighted by atomic mass is 10.2. The van der Waals surface area contributed by atoms with Crippen molar-refractivity contribution in [2.75, 3.05) is 6.61 Å². The first-order valence-corrected chi connectivity index (χ1v) is 10.2. The Morgan fingerprint density at radius 1 is 1.32 bits per heavy atom. The number of hydrogen-bond acceptors (Lipinski definition) is 9. The highest BCUT2D eigenvalue weighted by Gasteiger charge is 2.34. The number of aryl methyl sites for hydroxylation is 1. The summed E-state index contributed by atoms with van der Waals surface area (Å²) >= 11 is 0. The van der Waals surface area contributed by atoms with Crippen LogP contribution in [-0.4, -0.2) is 53.3 Å². The topological polar surface area (TPSA) is 214 Å². The summed E-state index contributed by atoms with van der Waals surface area (Å²) in [6, 6.07) is 4.39. The van der Waals surface area contributed by atoms with Crippen LogP contribution in [0.15, 0.2) is 40.1 Å². The summed E-state index contributed by atoms with van der Waals surface area (Å²) in [5.74, 6) is -0.121. The van der Waals surface area contributed by atoms with Gasteiger partial charge in [-0.05, 0) is 19.1 Å². The first-order chi connectivity index (χ1) is 14.4. The van der Waals surface area contributed by atoms with Gasteiger partial charge in [0.25, 0.3) is 11.2 Å². The van der Waals surface area contributed by atoms with Gasteiger partial charge in [-0.1, -0.05) is 0 Å². The molecule has 1 aliphatic rings. The Labute approximate surface area is 173 Å². The normalized spacial score (nSPS) is 20.6. The lowest BCUT2D eigenvalue weighted by molar-refractivity contribution is -0.384. The highest BCUT2D eigenvalue weighted by molar-refractivity contribution is 7.46. The van der Waals surface area contributed by atoms with Crippen LogP contribution >= 0.6 is 7.82 Å². The fourth-order valence-electron chi connectivity index (χ4n) is 2.62. The highest BCUT2D eigenvalue weighted by Crippen LogP contribution is 2.37. The number of non-ortho nitro benzene ring substituents is 1. The average Bonchev–Trinajstić information content (AvgIpc) is 3.05. The number of H-pyrrole nitrogens is 1. The number of nitro benzene ring substituents is 1. The fourth-order valence-corrected chi connectivity index (χ4v) is 3.01. The molecule has 1 aromatic carbocycles. The van der Waals surface area contributed by atoms with Crippen molar-refractivity contribution < 1.29 is 38.7 Å². The van der Waals surface area contributed by atoms with Gasteiger partial charge in [-0.3, -0.25) is 34.2 Å². The van der Waals surface area contributed by atoms with Gasteiger partial charge in [-0.25, -0.2) is 9.36 Å². The van der Waals surface area contributed by atoms with E-state index in [1.54, 1.807) is 6.92 Å². The van der Waals surface area contributed by atoms with Crippen molar-refractivity contribution in [2.45, 2.75) is 31.8 Å². The first kappa shape index (κ1) is 24.4. The number of aromatic amines is 1. The molecular formula is C16H20N3O11P. The minimum absolute atomic E-state index is 0.121. The molecule has 0 unspecified atom stereocenters. The van der Waals surface area contributed by atoms with Crippen LogP contribution in [0.4, 0.5) is 5.69 Å². The molecule has 170 valence electrons. The molecule has 0 saturated carbocycles. The maximum atomic E-state index is 11.6. The van der Waals surface area contributed by atoms with Crippen molar-refractivity contribution in [3.8, 4) is 5.75 Å². The summed E-state index contributed by atoms with van der Waals surface area (Å²) in [5.41, 5.74) is -0.821. The minimum Gasteiger partial charge on any atom is -0.404 e. The fraction of sp³-hybridized carbons (Fsp3) is 0.375. The molecule has 14 nitrogen and oxygen atoms in total. The molecule has 2 heterocycles. The number of phosphoric ester groups is 1. The molecule has 3 atom stereocenters. The van der Waals surface area contributed by atoms with E-state index in [-0.39, 0.29) is 24.5 Å². The van der Waals surface area contributed by atoms with E-state index in [0.717, 1.165) is 24.3 Å². The number of rotatable bonds is 5. The predicted octanol–water partition coefficient (Wildman–Crippen LogP) is -0.448. The van der Waals surface area contributed by atoms with Crippen LogP contribution in [0.5, 0.6) is 5.75 Å². The molecule has 31 heavy (non-hydrogen) atoms. The number of nitro groups is 1. The van der Waals surface area contributed by atoms with E-state index in [1.807, 2.05) is 0 Å². The van der Waals surface area contributed by atoms with Crippen molar-refractivity contribution in [2.24, 2.45) is 0 Å². The first-order valence-electron chi connectivity index (χ1n) is 8.67. The van der Waals surface area contributed by atoms with Crippen molar-refractivity contribution in [3.05, 3.63) is 67.0 Å². The standard InChI is InChI=1S/C10H14N2O5.C6H6NO6P/c1-5-3-12(10(16)11-9(5)15)8-2-6(14)7(4-13)17-8;8-7(9)5-1-3-6(4-2-5)13-14(10,11)12/h3,6-8,13-14H,2,4H2,1H3,(H,11,15,16);1-4H,(H2,10,11,12)/t6-,7+,8+;/m0./s1. The second-order valence-electron chi connectivity index (χ2n) is 6.43. The largest absolute Gasteiger partial charge is 0.524 e. The molecule has 0 aliphatic carbocycles. The Morgan fingerprint density at radius 2 is 1.94 bits per heavy atom. The maximum Gasteiger partial charge on any atom is 0.524 e. The number of nitrogens with one attached hydrogen (secondary N) is 1. The number of benzene rings is 1. The number of hydrogen-bond donors (Lipinski definition) is 5. The number of aliphatic hydroxyl groups excluding tert-OH is 2. The van der Waals surface area contributed by atoms with Gasteiger partial charge < -0.3 is 19.5 Å². The predicted molar refractivity (Wildman–Crippen MR) is 103 cm³/mol. The van der Waals surface area contributed by atoms with E-state index in [4.69, 9.17) is 19.6 Å². The number of aromatic nitrogens is 2. The lowest BCUT2D eigenvalue weighted by Gasteiger charge is -2.14. The summed E-state index contributed by atoms with van der Waals surface area (Å²) in [6.45, 7) is 1.26. The molecular weight excluding hydrogens is 441 g/mol. The number of ether oxygens (including phenoxy) is 1. The molecule has 1 fully saturated rings. The number of aliphatic hydroxyl groups is 2. The molecule has 0 radical (unpaired) electrons. The molecule has 0 bridgehead atoms. The molecule has 1 aromatic heterocycles. The SMILES string of the molecule is Cc1cn([C@H]2C[C@H](O)[C@@H](CO)O2)c(=O)[nH]c1=O.O=[N+]([O-])c1ccc(OP(=O)(O)O)cc1. The molecule has 0 amide bonds. The van der Waals surface area contributed by atoms with Gasteiger partial charge in [-0.2, -0.15) is 0 Å². The second kappa shape index (κ2) is 9.96. The van der Waals surface area contributed by atoms with E-state index in [9.17, 15) is 29.4 Å². The van der Waals surface area contributed by atoms with E-state index in [0.29, 0.717) is 5.56 Å². The Morgan fingerprint density at radius 3 is 2.42 bits per heavy atom. The Bertz CT molecular complexity index is 1080. The summed E-state index contributed by atoms with van der Waals surface area (Å²) in [7, 11) is -4.60. The van der Waals surface area contributed by atoms with Gasteiger partial charge in [-0.15, -0.1) is 0 Å². The number of phosphoric acid groups is 1. The quantitative estimate of drug-likeness (QED) is 0.218. The minimum atomic E-state index is -4.60. The van der Waals surface area contributed by atoms with Gasteiger partial charge >= 0.3 is 13.5 Å². The smallest absolute Gasteiger partial charge is 0.404 e. The van der Waals surface area contributed by atoms with Crippen molar-refractivity contribution in [3.63, 3.8) is 0 Å². The Hall–Kier alpha value is -2.87.